The number of ether oxygens (including phenoxy) is 1. The van der Waals surface area contributed by atoms with Crippen molar-refractivity contribution in [2.75, 3.05) is 26.3 Å². The minimum absolute atomic E-state index is 0.0560. The maximum absolute atomic E-state index is 14.3. The van der Waals surface area contributed by atoms with Gasteiger partial charge in [0.05, 0.1) is 12.1 Å². The summed E-state index contributed by atoms with van der Waals surface area (Å²) in [6.07, 6.45) is -0.851. The van der Waals surface area contributed by atoms with Crippen LogP contribution in [0.2, 0.25) is 0 Å². The number of nitrogens with zero attached hydrogens (tertiary/aromatic N) is 1. The van der Waals surface area contributed by atoms with Crippen molar-refractivity contribution in [2.24, 2.45) is 0 Å². The van der Waals surface area contributed by atoms with E-state index in [4.69, 9.17) is 14.3 Å². The largest absolute Gasteiger partial charge is 0.505 e. The Kier molecular flexibility index (Phi) is 8.17. The molecule has 5 aromatic rings. The first-order valence-electron chi connectivity index (χ1n) is 12.4. The van der Waals surface area contributed by atoms with Crippen LogP contribution >= 0.6 is 11.8 Å². The summed E-state index contributed by atoms with van der Waals surface area (Å²) in [4.78, 5) is 26.7. The van der Waals surface area contributed by atoms with E-state index in [-0.39, 0.29) is 40.5 Å². The number of rotatable bonds is 10. The fourth-order valence-electron chi connectivity index (χ4n) is 4.26. The lowest BCUT2D eigenvalue weighted by Crippen LogP contribution is -2.32. The fourth-order valence-corrected chi connectivity index (χ4v) is 5.11. The van der Waals surface area contributed by atoms with Crippen molar-refractivity contribution in [3.63, 3.8) is 0 Å². The first-order chi connectivity index (χ1) is 19.4. The Balaban J connectivity index is 1.67. The van der Waals surface area contributed by atoms with Crippen LogP contribution in [0.1, 0.15) is 0 Å². The maximum Gasteiger partial charge on any atom is 0.354 e. The summed E-state index contributed by atoms with van der Waals surface area (Å²) >= 11 is 0.675. The highest BCUT2D eigenvalue weighted by Gasteiger charge is 2.24. The van der Waals surface area contributed by atoms with Gasteiger partial charge in [0.2, 0.25) is 0 Å². The number of aromatic nitrogens is 1. The van der Waals surface area contributed by atoms with Crippen molar-refractivity contribution in [1.82, 2.24) is 9.88 Å². The summed E-state index contributed by atoms with van der Waals surface area (Å²) in [5.41, 5.74) is -0.872. The number of fused-ring (bicyclic) bond motifs is 3. The molecular weight excluding hydrogens is 539 g/mol. The van der Waals surface area contributed by atoms with Gasteiger partial charge in [0.1, 0.15) is 34.6 Å². The van der Waals surface area contributed by atoms with Crippen molar-refractivity contribution in [2.45, 2.75) is 15.9 Å². The van der Waals surface area contributed by atoms with Crippen LogP contribution < -0.4 is 21.2 Å². The molecule has 9 nitrogen and oxygen atoms in total. The van der Waals surface area contributed by atoms with Gasteiger partial charge >= 0.3 is 5.63 Å². The normalized spacial score (nSPS) is 12.2. The lowest BCUT2D eigenvalue weighted by atomic mass is 10.1. The molecule has 0 radical (unpaired) electrons. The van der Waals surface area contributed by atoms with Crippen LogP contribution in [0, 0.1) is 5.82 Å². The third-order valence-electron chi connectivity index (χ3n) is 6.10. The third kappa shape index (κ3) is 5.45. The predicted molar refractivity (Wildman–Crippen MR) is 149 cm³/mol. The second kappa shape index (κ2) is 11.9. The van der Waals surface area contributed by atoms with Crippen LogP contribution in [0.3, 0.4) is 0 Å². The average Bonchev–Trinajstić information content (AvgIpc) is 2.95. The Morgan fingerprint density at radius 1 is 1.05 bits per heavy atom. The molecule has 206 valence electrons. The highest BCUT2D eigenvalue weighted by molar-refractivity contribution is 7.99. The topological polar surface area (TPSA) is 134 Å². The summed E-state index contributed by atoms with van der Waals surface area (Å²) in [6.45, 7) is 0.436. The molecule has 40 heavy (non-hydrogen) atoms. The summed E-state index contributed by atoms with van der Waals surface area (Å²) in [5, 5.41) is 33.2. The quantitative estimate of drug-likeness (QED) is 0.149. The number of benzene rings is 3. The van der Waals surface area contributed by atoms with E-state index in [0.717, 1.165) is 0 Å². The monoisotopic (exact) mass is 564 g/mol. The minimum Gasteiger partial charge on any atom is -0.505 e. The first kappa shape index (κ1) is 27.4. The molecule has 4 N–H and O–H groups in total. The van der Waals surface area contributed by atoms with Gasteiger partial charge < -0.3 is 29.8 Å². The molecule has 11 heteroatoms. The molecule has 2 aromatic heterocycles. The molecule has 0 bridgehead atoms. The van der Waals surface area contributed by atoms with Gasteiger partial charge in [0, 0.05) is 35.1 Å². The number of nitrogens with one attached hydrogen (secondary N) is 1. The van der Waals surface area contributed by atoms with Crippen molar-refractivity contribution < 1.29 is 28.9 Å². The van der Waals surface area contributed by atoms with E-state index in [2.05, 4.69) is 5.32 Å². The van der Waals surface area contributed by atoms with E-state index in [1.807, 2.05) is 0 Å². The Morgan fingerprint density at radius 2 is 1.80 bits per heavy atom. The molecule has 2 heterocycles. The third-order valence-corrected chi connectivity index (χ3v) is 7.22. The van der Waals surface area contributed by atoms with Crippen LogP contribution in [0.25, 0.3) is 27.6 Å². The van der Waals surface area contributed by atoms with Gasteiger partial charge in [-0.1, -0.05) is 42.1 Å². The highest BCUT2D eigenvalue weighted by atomic mass is 32.2. The number of pyridine rings is 1. The number of hydrogen-bond donors (Lipinski definition) is 4. The first-order valence-corrected chi connectivity index (χ1v) is 13.2. The minimum atomic E-state index is -0.921. The number of hydrogen-bond acceptors (Lipinski definition) is 9. The molecule has 0 unspecified atom stereocenters. The maximum atomic E-state index is 14.3. The lowest BCUT2D eigenvalue weighted by Gasteiger charge is -2.16. The van der Waals surface area contributed by atoms with Crippen molar-refractivity contribution in [3.8, 4) is 17.2 Å². The van der Waals surface area contributed by atoms with Crippen LogP contribution in [-0.4, -0.2) is 52.3 Å². The Morgan fingerprint density at radius 3 is 2.55 bits per heavy atom. The Hall–Kier alpha value is -4.16. The molecule has 0 spiro atoms. The van der Waals surface area contributed by atoms with Crippen LogP contribution in [0.4, 0.5) is 4.39 Å². The number of aromatic hydroxyl groups is 1. The van der Waals surface area contributed by atoms with Gasteiger partial charge in [0.15, 0.2) is 11.3 Å². The molecule has 1 atom stereocenters. The SMILES string of the molecule is O=c1oc2c(c(O)c1Sc1ccccc1F)c(=O)n(-c1ccccc1)c1cc(OC[C@@H](O)CNCCO)ccc21. The van der Waals surface area contributed by atoms with Gasteiger partial charge in [-0.25, -0.2) is 9.18 Å². The number of halogens is 1. The van der Waals surface area contributed by atoms with Gasteiger partial charge in [0.25, 0.3) is 5.56 Å². The zero-order valence-electron chi connectivity index (χ0n) is 21.0. The molecule has 0 fully saturated rings. The van der Waals surface area contributed by atoms with Gasteiger partial charge in [-0.2, -0.15) is 0 Å². The van der Waals surface area contributed by atoms with Gasteiger partial charge in [-0.15, -0.1) is 0 Å². The zero-order chi connectivity index (χ0) is 28.2. The highest BCUT2D eigenvalue weighted by Crippen LogP contribution is 2.38. The van der Waals surface area contributed by atoms with Crippen molar-refractivity contribution in [3.05, 3.63) is 99.4 Å². The number of para-hydroxylation sites is 1. The summed E-state index contributed by atoms with van der Waals surface area (Å²) < 4.78 is 27.0. The summed E-state index contributed by atoms with van der Waals surface area (Å²) in [6, 6.07) is 19.2. The molecule has 0 aliphatic carbocycles. The molecule has 0 aliphatic heterocycles. The number of aliphatic hydroxyl groups is 2. The second-order valence-corrected chi connectivity index (χ2v) is 9.90. The molecule has 3 aromatic carbocycles. The predicted octanol–water partition coefficient (Wildman–Crippen LogP) is 3.41. The summed E-state index contributed by atoms with van der Waals surface area (Å²) in [5.74, 6) is -0.848. The number of aliphatic hydroxyl groups excluding tert-OH is 2. The fraction of sp³-hybridized carbons (Fsp3) is 0.172. The lowest BCUT2D eigenvalue weighted by molar-refractivity contribution is 0.105. The van der Waals surface area contributed by atoms with Crippen LogP contribution in [0.5, 0.6) is 11.5 Å². The van der Waals surface area contributed by atoms with E-state index in [1.165, 1.54) is 22.8 Å². The van der Waals surface area contributed by atoms with Crippen molar-refractivity contribution in [1.29, 1.82) is 0 Å². The average molecular weight is 565 g/mol. The van der Waals surface area contributed by atoms with Crippen molar-refractivity contribution >= 4 is 33.6 Å². The molecule has 5 rings (SSSR count). The van der Waals surface area contributed by atoms with E-state index in [1.54, 1.807) is 54.6 Å². The smallest absolute Gasteiger partial charge is 0.354 e. The Bertz CT molecular complexity index is 1790. The van der Waals surface area contributed by atoms with E-state index >= 15 is 0 Å². The zero-order valence-corrected chi connectivity index (χ0v) is 21.9. The van der Waals surface area contributed by atoms with E-state index in [9.17, 15) is 24.2 Å². The van der Waals surface area contributed by atoms with Crippen LogP contribution in [-0.2, 0) is 0 Å². The molecular formula is C29H25FN2O7S. The van der Waals surface area contributed by atoms with Gasteiger partial charge in [-0.3, -0.25) is 9.36 Å². The summed E-state index contributed by atoms with van der Waals surface area (Å²) in [7, 11) is 0. The van der Waals surface area contributed by atoms with Crippen LogP contribution in [0.15, 0.2) is 96.6 Å². The molecule has 0 saturated carbocycles. The van der Waals surface area contributed by atoms with E-state index < -0.39 is 28.9 Å². The molecule has 0 saturated heterocycles. The van der Waals surface area contributed by atoms with Gasteiger partial charge in [-0.05, 0) is 36.4 Å². The van der Waals surface area contributed by atoms with E-state index in [0.29, 0.717) is 40.6 Å². The molecule has 0 amide bonds. The second-order valence-electron chi connectivity index (χ2n) is 8.85. The molecule has 0 aliphatic rings. The standard InChI is InChI=1S/C29H25FN2O7S/c30-21-8-4-5-9-23(21)40-27-25(35)24-26(39-29(27)37)20-11-10-19(38-16-18(34)15-31-12-13-33)14-22(20)32(28(24)36)17-6-2-1-3-7-17/h1-11,14,18,31,33-35H,12-13,15-16H2/t18-/m0/s1. The Labute approximate surface area is 231 Å².